The molecular formula is C20H19N3O5. The maximum atomic E-state index is 12.8. The van der Waals surface area contributed by atoms with Gasteiger partial charge in [0.05, 0.1) is 29.3 Å². The predicted molar refractivity (Wildman–Crippen MR) is 102 cm³/mol. The number of ether oxygens (including phenoxy) is 1. The minimum Gasteiger partial charge on any atom is -0.378 e. The number of carbonyl (C=O) groups excluding carboxylic acids is 2. The minimum absolute atomic E-state index is 0.0989. The molecule has 0 saturated carbocycles. The van der Waals surface area contributed by atoms with Gasteiger partial charge in [-0.15, -0.1) is 0 Å². The summed E-state index contributed by atoms with van der Waals surface area (Å²) in [6, 6.07) is 12.3. The summed E-state index contributed by atoms with van der Waals surface area (Å²) in [5, 5.41) is 11.6. The molecule has 144 valence electrons. The largest absolute Gasteiger partial charge is 0.378 e. The van der Waals surface area contributed by atoms with Crippen molar-refractivity contribution in [2.45, 2.75) is 6.42 Å². The smallest absolute Gasteiger partial charge is 0.293 e. The molecule has 28 heavy (non-hydrogen) atoms. The second-order valence-electron chi connectivity index (χ2n) is 6.74. The molecule has 8 nitrogen and oxygen atoms in total. The summed E-state index contributed by atoms with van der Waals surface area (Å²) in [6.07, 6.45) is 0.532. The number of benzene rings is 2. The molecule has 1 fully saturated rings. The molecule has 0 bridgehead atoms. The normalized spacial score (nSPS) is 16.4. The average molecular weight is 381 g/mol. The topological polar surface area (TPSA) is 93.0 Å². The number of fused-ring (bicyclic) bond motifs is 1. The van der Waals surface area contributed by atoms with Gasteiger partial charge in [0.25, 0.3) is 17.5 Å². The van der Waals surface area contributed by atoms with Crippen LogP contribution in [0, 0.1) is 10.1 Å². The highest BCUT2D eigenvalue weighted by Gasteiger charge is 2.38. The zero-order chi connectivity index (χ0) is 19.7. The summed E-state index contributed by atoms with van der Waals surface area (Å²) in [6.45, 7) is 2.16. The predicted octanol–water partition coefficient (Wildman–Crippen LogP) is 2.27. The monoisotopic (exact) mass is 381 g/mol. The van der Waals surface area contributed by atoms with Gasteiger partial charge < -0.3 is 9.64 Å². The lowest BCUT2D eigenvalue weighted by molar-refractivity contribution is -0.384. The van der Waals surface area contributed by atoms with Crippen molar-refractivity contribution < 1.29 is 19.2 Å². The van der Waals surface area contributed by atoms with E-state index in [4.69, 9.17) is 4.74 Å². The Morgan fingerprint density at radius 1 is 1.00 bits per heavy atom. The van der Waals surface area contributed by atoms with Crippen LogP contribution in [0.3, 0.4) is 0 Å². The van der Waals surface area contributed by atoms with E-state index in [1.807, 2.05) is 35.2 Å². The van der Waals surface area contributed by atoms with Gasteiger partial charge in [-0.05, 0) is 18.1 Å². The van der Waals surface area contributed by atoms with E-state index in [9.17, 15) is 19.7 Å². The van der Waals surface area contributed by atoms with Gasteiger partial charge in [-0.2, -0.15) is 0 Å². The summed E-state index contributed by atoms with van der Waals surface area (Å²) in [4.78, 5) is 39.7. The van der Waals surface area contributed by atoms with Crippen LogP contribution in [0.1, 0.15) is 26.3 Å². The van der Waals surface area contributed by atoms with Gasteiger partial charge in [0, 0.05) is 25.7 Å². The third kappa shape index (κ3) is 3.22. The van der Waals surface area contributed by atoms with Crippen LogP contribution in [0.5, 0.6) is 0 Å². The molecule has 0 unspecified atom stereocenters. The molecule has 0 N–H and O–H groups in total. The molecule has 2 amide bonds. The van der Waals surface area contributed by atoms with Crippen LogP contribution in [0.15, 0.2) is 42.5 Å². The lowest BCUT2D eigenvalue weighted by atomic mass is 10.1. The number of nitrogens with zero attached hydrogens (tertiary/aromatic N) is 3. The summed E-state index contributed by atoms with van der Waals surface area (Å²) >= 11 is 0. The fourth-order valence-corrected chi connectivity index (χ4v) is 3.61. The molecule has 0 aromatic heterocycles. The van der Waals surface area contributed by atoms with Gasteiger partial charge >= 0.3 is 0 Å². The first-order valence-electron chi connectivity index (χ1n) is 9.11. The van der Waals surface area contributed by atoms with E-state index in [1.165, 1.54) is 17.0 Å². The molecule has 8 heteroatoms. The Morgan fingerprint density at radius 3 is 2.29 bits per heavy atom. The van der Waals surface area contributed by atoms with Crippen molar-refractivity contribution in [2.24, 2.45) is 0 Å². The Balaban J connectivity index is 1.64. The molecule has 0 radical (unpaired) electrons. The van der Waals surface area contributed by atoms with Crippen LogP contribution in [0.4, 0.5) is 11.4 Å². The van der Waals surface area contributed by atoms with Crippen LogP contribution in [0.2, 0.25) is 0 Å². The van der Waals surface area contributed by atoms with E-state index < -0.39 is 16.7 Å². The van der Waals surface area contributed by atoms with Crippen molar-refractivity contribution in [3.63, 3.8) is 0 Å². The molecule has 1 saturated heterocycles. The molecule has 2 heterocycles. The number of imide groups is 1. The first-order valence-corrected chi connectivity index (χ1v) is 9.11. The van der Waals surface area contributed by atoms with E-state index >= 15 is 0 Å². The van der Waals surface area contributed by atoms with Crippen LogP contribution in [0.25, 0.3) is 0 Å². The third-order valence-corrected chi connectivity index (χ3v) is 5.08. The standard InChI is InChI=1S/C20H19N3O5/c24-19-15-12-17(21-8-10-28-11-9-21)18(23(26)27)13-16(15)20(25)22(19)7-6-14-4-2-1-3-5-14/h1-5,12-13H,6-11H2. The van der Waals surface area contributed by atoms with Gasteiger partial charge in [0.1, 0.15) is 5.69 Å². The lowest BCUT2D eigenvalue weighted by Gasteiger charge is -2.28. The highest BCUT2D eigenvalue weighted by Crippen LogP contribution is 2.36. The number of nitro groups is 1. The molecule has 2 aromatic carbocycles. The lowest BCUT2D eigenvalue weighted by Crippen LogP contribution is -2.36. The second kappa shape index (κ2) is 7.40. The van der Waals surface area contributed by atoms with Crippen LogP contribution < -0.4 is 4.90 Å². The molecular weight excluding hydrogens is 362 g/mol. The molecule has 4 rings (SSSR count). The summed E-state index contributed by atoms with van der Waals surface area (Å²) in [5.74, 6) is -0.882. The Kier molecular flexibility index (Phi) is 4.79. The van der Waals surface area contributed by atoms with E-state index in [1.54, 1.807) is 0 Å². The van der Waals surface area contributed by atoms with Gasteiger partial charge in [0.15, 0.2) is 0 Å². The minimum atomic E-state index is -0.505. The maximum absolute atomic E-state index is 12.8. The Bertz CT molecular complexity index is 938. The van der Waals surface area contributed by atoms with Gasteiger partial charge in [-0.1, -0.05) is 30.3 Å². The number of amides is 2. The first-order chi connectivity index (χ1) is 13.6. The summed E-state index contributed by atoms with van der Waals surface area (Å²) < 4.78 is 5.30. The zero-order valence-electron chi connectivity index (χ0n) is 15.2. The summed E-state index contributed by atoms with van der Waals surface area (Å²) in [5.41, 5.74) is 1.54. The molecule has 0 spiro atoms. The fourth-order valence-electron chi connectivity index (χ4n) is 3.61. The molecule has 2 aliphatic rings. The highest BCUT2D eigenvalue weighted by molar-refractivity contribution is 6.22. The van der Waals surface area contributed by atoms with Crippen molar-refractivity contribution in [1.82, 2.24) is 4.90 Å². The van der Waals surface area contributed by atoms with Crippen molar-refractivity contribution in [3.8, 4) is 0 Å². The van der Waals surface area contributed by atoms with Crippen molar-refractivity contribution >= 4 is 23.2 Å². The highest BCUT2D eigenvalue weighted by atomic mass is 16.6. The van der Waals surface area contributed by atoms with Crippen LogP contribution in [-0.4, -0.2) is 54.5 Å². The number of nitro benzene ring substituents is 1. The molecule has 2 aliphatic heterocycles. The number of hydrogen-bond acceptors (Lipinski definition) is 6. The van der Waals surface area contributed by atoms with E-state index in [2.05, 4.69) is 0 Å². The Hall–Kier alpha value is -3.26. The Labute approximate surface area is 161 Å². The Morgan fingerprint density at radius 2 is 1.64 bits per heavy atom. The maximum Gasteiger partial charge on any atom is 0.293 e. The first kappa shape index (κ1) is 18.1. The van der Waals surface area contributed by atoms with Crippen molar-refractivity contribution in [3.05, 3.63) is 69.3 Å². The van der Waals surface area contributed by atoms with Crippen molar-refractivity contribution in [1.29, 1.82) is 0 Å². The van der Waals surface area contributed by atoms with E-state index in [-0.39, 0.29) is 23.4 Å². The molecule has 0 atom stereocenters. The third-order valence-electron chi connectivity index (χ3n) is 5.08. The van der Waals surface area contributed by atoms with Gasteiger partial charge in [-0.3, -0.25) is 24.6 Å². The van der Waals surface area contributed by atoms with E-state index in [0.717, 1.165) is 5.56 Å². The van der Waals surface area contributed by atoms with Crippen LogP contribution >= 0.6 is 0 Å². The van der Waals surface area contributed by atoms with E-state index in [0.29, 0.717) is 38.4 Å². The average Bonchev–Trinajstić information content (AvgIpc) is 2.96. The molecule has 0 aliphatic carbocycles. The molecule has 2 aromatic rings. The van der Waals surface area contributed by atoms with Crippen molar-refractivity contribution in [2.75, 3.05) is 37.7 Å². The second-order valence-corrected chi connectivity index (χ2v) is 6.74. The van der Waals surface area contributed by atoms with Gasteiger partial charge in [0.2, 0.25) is 0 Å². The van der Waals surface area contributed by atoms with Crippen LogP contribution in [-0.2, 0) is 11.2 Å². The SMILES string of the molecule is O=C1c2cc(N3CCOCC3)c([N+](=O)[O-])cc2C(=O)N1CCc1ccccc1. The quantitative estimate of drug-likeness (QED) is 0.448. The number of morpholine rings is 1. The summed E-state index contributed by atoms with van der Waals surface area (Å²) in [7, 11) is 0. The number of rotatable bonds is 5. The zero-order valence-corrected chi connectivity index (χ0v) is 15.2. The number of anilines is 1. The number of carbonyl (C=O) groups is 2. The fraction of sp³-hybridized carbons (Fsp3) is 0.300. The number of hydrogen-bond donors (Lipinski definition) is 0. The van der Waals surface area contributed by atoms with Gasteiger partial charge in [-0.25, -0.2) is 0 Å².